The Bertz CT molecular complexity index is 898. The monoisotopic (exact) mass is 387 g/mol. The Hall–Kier alpha value is -2.74. The summed E-state index contributed by atoms with van der Waals surface area (Å²) >= 11 is 0. The van der Waals surface area contributed by atoms with E-state index < -0.39 is 12.7 Å². The van der Waals surface area contributed by atoms with E-state index in [1.54, 1.807) is 12.4 Å². The number of alkyl halides is 3. The van der Waals surface area contributed by atoms with E-state index in [0.717, 1.165) is 22.5 Å². The van der Waals surface area contributed by atoms with Crippen LogP contribution in [0.2, 0.25) is 0 Å². The van der Waals surface area contributed by atoms with E-state index in [0.29, 0.717) is 31.8 Å². The summed E-state index contributed by atoms with van der Waals surface area (Å²) in [5, 5.41) is 7.38. The van der Waals surface area contributed by atoms with Gasteiger partial charge in [-0.2, -0.15) is 18.3 Å². The molecule has 0 atom stereocenters. The zero-order chi connectivity index (χ0) is 19.6. The lowest BCUT2D eigenvalue weighted by Crippen LogP contribution is -2.39. The number of piperidine rings is 1. The summed E-state index contributed by atoms with van der Waals surface area (Å²) < 4.78 is 37.6. The number of nitrogens with one attached hydrogen (secondary N) is 1. The quantitative estimate of drug-likeness (QED) is 0.726. The van der Waals surface area contributed by atoms with Crippen LogP contribution in [0.3, 0.4) is 0 Å². The molecule has 0 aliphatic carbocycles. The lowest BCUT2D eigenvalue weighted by Gasteiger charge is -2.31. The molecule has 1 aromatic carbocycles. The predicted octanol–water partition coefficient (Wildman–Crippen LogP) is 4.28. The van der Waals surface area contributed by atoms with Crippen LogP contribution < -0.4 is 0 Å². The van der Waals surface area contributed by atoms with Crippen LogP contribution in [0.1, 0.15) is 24.5 Å². The second-order valence-corrected chi connectivity index (χ2v) is 7.04. The molecule has 0 radical (unpaired) electrons. The standard InChI is InChI=1S/C20H20F3N5/c21-20(22,23)13-28-8-6-14(7-9-28)17-10-18(27-26-17)16-11-24-19(25-12-16)15-4-2-1-3-5-15/h1-5,10-12,14H,6-9,13H2,(H,26,27). The van der Waals surface area contributed by atoms with Gasteiger partial charge in [-0.3, -0.25) is 10.00 Å². The lowest BCUT2D eigenvalue weighted by molar-refractivity contribution is -0.147. The molecule has 0 amide bonds. The summed E-state index contributed by atoms with van der Waals surface area (Å²) in [5.41, 5.74) is 3.44. The highest BCUT2D eigenvalue weighted by Crippen LogP contribution is 2.30. The Labute approximate surface area is 160 Å². The zero-order valence-electron chi connectivity index (χ0n) is 15.2. The molecular formula is C20H20F3N5. The number of halogens is 3. The SMILES string of the molecule is FC(F)(F)CN1CCC(c2cc(-c3cnc(-c4ccccc4)nc3)n[nH]2)CC1. The molecule has 1 aliphatic heterocycles. The fraction of sp³-hybridized carbons (Fsp3) is 0.350. The van der Waals surface area contributed by atoms with E-state index in [4.69, 9.17) is 0 Å². The van der Waals surface area contributed by atoms with Crippen molar-refractivity contribution >= 4 is 0 Å². The fourth-order valence-electron chi connectivity index (χ4n) is 3.55. The number of benzene rings is 1. The second kappa shape index (κ2) is 7.71. The summed E-state index contributed by atoms with van der Waals surface area (Å²) in [5.74, 6) is 0.840. The van der Waals surface area contributed by atoms with Gasteiger partial charge < -0.3 is 0 Å². The second-order valence-electron chi connectivity index (χ2n) is 7.04. The third-order valence-electron chi connectivity index (χ3n) is 5.01. The summed E-state index contributed by atoms with van der Waals surface area (Å²) in [6.45, 7) is 0.0415. The van der Waals surface area contributed by atoms with Crippen molar-refractivity contribution in [3.05, 3.63) is 54.5 Å². The van der Waals surface area contributed by atoms with Crippen LogP contribution in [-0.2, 0) is 0 Å². The third kappa shape index (κ3) is 4.39. The Morgan fingerprint density at radius 1 is 1.00 bits per heavy atom. The van der Waals surface area contributed by atoms with Crippen molar-refractivity contribution in [2.75, 3.05) is 19.6 Å². The first-order chi connectivity index (χ1) is 13.5. The van der Waals surface area contributed by atoms with Gasteiger partial charge in [0.2, 0.25) is 0 Å². The smallest absolute Gasteiger partial charge is 0.295 e. The average molecular weight is 387 g/mol. The maximum Gasteiger partial charge on any atom is 0.401 e. The highest BCUT2D eigenvalue weighted by atomic mass is 19.4. The van der Waals surface area contributed by atoms with Gasteiger partial charge in [0.15, 0.2) is 5.82 Å². The highest BCUT2D eigenvalue weighted by Gasteiger charge is 2.33. The number of hydrogen-bond acceptors (Lipinski definition) is 4. The average Bonchev–Trinajstić information content (AvgIpc) is 3.18. The molecule has 1 aliphatic rings. The summed E-state index contributed by atoms with van der Waals surface area (Å²) in [6.07, 6.45) is 0.699. The first-order valence-corrected chi connectivity index (χ1v) is 9.20. The fourth-order valence-corrected chi connectivity index (χ4v) is 3.55. The normalized spacial score (nSPS) is 16.4. The molecule has 28 heavy (non-hydrogen) atoms. The van der Waals surface area contributed by atoms with Gasteiger partial charge in [-0.25, -0.2) is 9.97 Å². The van der Waals surface area contributed by atoms with Gasteiger partial charge in [0.05, 0.1) is 12.2 Å². The minimum Gasteiger partial charge on any atom is -0.295 e. The third-order valence-corrected chi connectivity index (χ3v) is 5.01. The maximum atomic E-state index is 12.5. The molecule has 3 heterocycles. The Balaban J connectivity index is 1.41. The topological polar surface area (TPSA) is 57.7 Å². The molecule has 1 saturated heterocycles. The van der Waals surface area contributed by atoms with Gasteiger partial charge in [-0.05, 0) is 32.0 Å². The van der Waals surface area contributed by atoms with E-state index in [1.807, 2.05) is 36.4 Å². The van der Waals surface area contributed by atoms with E-state index in [1.165, 1.54) is 4.90 Å². The van der Waals surface area contributed by atoms with Crippen molar-refractivity contribution in [1.29, 1.82) is 0 Å². The first kappa shape index (κ1) is 18.6. The molecule has 0 saturated carbocycles. The van der Waals surface area contributed by atoms with Crippen LogP contribution in [0.5, 0.6) is 0 Å². The van der Waals surface area contributed by atoms with Crippen molar-refractivity contribution in [3.63, 3.8) is 0 Å². The molecule has 0 unspecified atom stereocenters. The van der Waals surface area contributed by atoms with E-state index in [2.05, 4.69) is 20.2 Å². The van der Waals surface area contributed by atoms with Crippen LogP contribution in [0.4, 0.5) is 13.2 Å². The number of aromatic amines is 1. The Morgan fingerprint density at radius 3 is 2.32 bits per heavy atom. The molecule has 4 rings (SSSR count). The van der Waals surface area contributed by atoms with Crippen molar-refractivity contribution in [2.24, 2.45) is 0 Å². The van der Waals surface area contributed by atoms with Gasteiger partial charge in [0.25, 0.3) is 0 Å². The van der Waals surface area contributed by atoms with E-state index >= 15 is 0 Å². The van der Waals surface area contributed by atoms with Crippen LogP contribution in [-0.4, -0.2) is 50.9 Å². The largest absolute Gasteiger partial charge is 0.401 e. The molecule has 0 spiro atoms. The number of aromatic nitrogens is 4. The summed E-state index contributed by atoms with van der Waals surface area (Å²) in [7, 11) is 0. The van der Waals surface area contributed by atoms with Crippen LogP contribution >= 0.6 is 0 Å². The molecule has 2 aromatic heterocycles. The number of H-pyrrole nitrogens is 1. The van der Waals surface area contributed by atoms with Crippen LogP contribution in [0.15, 0.2) is 48.8 Å². The number of nitrogens with zero attached hydrogens (tertiary/aromatic N) is 4. The van der Waals surface area contributed by atoms with Gasteiger partial charge >= 0.3 is 6.18 Å². The number of hydrogen-bond donors (Lipinski definition) is 1. The van der Waals surface area contributed by atoms with Crippen molar-refractivity contribution in [2.45, 2.75) is 24.9 Å². The van der Waals surface area contributed by atoms with Gasteiger partial charge in [-0.1, -0.05) is 30.3 Å². The van der Waals surface area contributed by atoms with E-state index in [-0.39, 0.29) is 5.92 Å². The minimum absolute atomic E-state index is 0.190. The van der Waals surface area contributed by atoms with Crippen molar-refractivity contribution in [3.8, 4) is 22.6 Å². The van der Waals surface area contributed by atoms with Crippen LogP contribution in [0, 0.1) is 0 Å². The van der Waals surface area contributed by atoms with Gasteiger partial charge in [-0.15, -0.1) is 0 Å². The van der Waals surface area contributed by atoms with Gasteiger partial charge in [0, 0.05) is 35.1 Å². The van der Waals surface area contributed by atoms with E-state index in [9.17, 15) is 13.2 Å². The molecular weight excluding hydrogens is 367 g/mol. The highest BCUT2D eigenvalue weighted by molar-refractivity contribution is 5.60. The maximum absolute atomic E-state index is 12.5. The lowest BCUT2D eigenvalue weighted by atomic mass is 9.93. The van der Waals surface area contributed by atoms with Crippen LogP contribution in [0.25, 0.3) is 22.6 Å². The van der Waals surface area contributed by atoms with Crippen molar-refractivity contribution < 1.29 is 13.2 Å². The number of likely N-dealkylation sites (tertiary alicyclic amines) is 1. The van der Waals surface area contributed by atoms with Gasteiger partial charge in [0.1, 0.15) is 0 Å². The predicted molar refractivity (Wildman–Crippen MR) is 99.5 cm³/mol. The first-order valence-electron chi connectivity index (χ1n) is 9.20. The number of rotatable bonds is 4. The van der Waals surface area contributed by atoms with Crippen molar-refractivity contribution in [1.82, 2.24) is 25.1 Å². The molecule has 3 aromatic rings. The molecule has 8 heteroatoms. The Morgan fingerprint density at radius 2 is 1.68 bits per heavy atom. The molecule has 0 bridgehead atoms. The molecule has 1 N–H and O–H groups in total. The molecule has 146 valence electrons. The zero-order valence-corrected chi connectivity index (χ0v) is 15.2. The molecule has 1 fully saturated rings. The molecule has 5 nitrogen and oxygen atoms in total. The summed E-state index contributed by atoms with van der Waals surface area (Å²) in [4.78, 5) is 10.3. The Kier molecular flexibility index (Phi) is 5.13. The summed E-state index contributed by atoms with van der Waals surface area (Å²) in [6, 6.07) is 11.7. The minimum atomic E-state index is -4.14.